The molecule has 0 atom stereocenters. The summed E-state index contributed by atoms with van der Waals surface area (Å²) in [5, 5.41) is 0. The van der Waals surface area contributed by atoms with Gasteiger partial charge < -0.3 is 5.73 Å². The fourth-order valence-corrected chi connectivity index (χ4v) is 3.31. The van der Waals surface area contributed by atoms with Crippen LogP contribution < -0.4 is 5.73 Å². The highest BCUT2D eigenvalue weighted by Gasteiger charge is 2.26. The van der Waals surface area contributed by atoms with E-state index < -0.39 is 15.8 Å². The standard InChI is InChI=1S/C11H15FN2O2S2/c1-2-7-14(8-11(13)17)18(15,16)10-6-4-3-5-9(10)12/h3-6H,2,7-8H2,1H3,(H2,13,17). The molecule has 18 heavy (non-hydrogen) atoms. The van der Waals surface area contributed by atoms with Gasteiger partial charge in [-0.25, -0.2) is 12.8 Å². The molecule has 0 aliphatic carbocycles. The summed E-state index contributed by atoms with van der Waals surface area (Å²) in [5.41, 5.74) is 5.37. The summed E-state index contributed by atoms with van der Waals surface area (Å²) < 4.78 is 39.1. The Balaban J connectivity index is 3.17. The molecule has 1 aromatic carbocycles. The van der Waals surface area contributed by atoms with Crippen LogP contribution in [0.5, 0.6) is 0 Å². The second-order valence-corrected chi connectivity index (χ2v) is 6.17. The predicted molar refractivity (Wildman–Crippen MR) is 72.2 cm³/mol. The van der Waals surface area contributed by atoms with Crippen LogP contribution in [0.3, 0.4) is 0 Å². The lowest BCUT2D eigenvalue weighted by atomic mass is 10.3. The van der Waals surface area contributed by atoms with E-state index in [2.05, 4.69) is 0 Å². The Morgan fingerprint density at radius 1 is 1.44 bits per heavy atom. The average Bonchev–Trinajstić information content (AvgIpc) is 2.28. The van der Waals surface area contributed by atoms with Gasteiger partial charge in [-0.15, -0.1) is 0 Å². The van der Waals surface area contributed by atoms with Gasteiger partial charge in [0.15, 0.2) is 0 Å². The maximum Gasteiger partial charge on any atom is 0.246 e. The first-order valence-electron chi connectivity index (χ1n) is 5.42. The van der Waals surface area contributed by atoms with Crippen molar-refractivity contribution in [2.24, 2.45) is 5.73 Å². The monoisotopic (exact) mass is 290 g/mol. The van der Waals surface area contributed by atoms with Gasteiger partial charge in [-0.05, 0) is 18.6 Å². The van der Waals surface area contributed by atoms with Crippen molar-refractivity contribution in [2.45, 2.75) is 18.2 Å². The van der Waals surface area contributed by atoms with Crippen LogP contribution in [0.2, 0.25) is 0 Å². The van der Waals surface area contributed by atoms with Gasteiger partial charge in [0.1, 0.15) is 10.7 Å². The van der Waals surface area contributed by atoms with Crippen molar-refractivity contribution in [3.63, 3.8) is 0 Å². The van der Waals surface area contributed by atoms with E-state index in [-0.39, 0.29) is 23.0 Å². The van der Waals surface area contributed by atoms with Crippen molar-refractivity contribution in [1.82, 2.24) is 4.31 Å². The topological polar surface area (TPSA) is 63.4 Å². The molecule has 1 aromatic rings. The minimum Gasteiger partial charge on any atom is -0.392 e. The second-order valence-electron chi connectivity index (χ2n) is 3.74. The van der Waals surface area contributed by atoms with Gasteiger partial charge in [-0.3, -0.25) is 0 Å². The number of sulfonamides is 1. The number of nitrogens with two attached hydrogens (primary N) is 1. The summed E-state index contributed by atoms with van der Waals surface area (Å²) in [7, 11) is -3.90. The third kappa shape index (κ3) is 3.47. The van der Waals surface area contributed by atoms with Crippen LogP contribution in [0.15, 0.2) is 29.2 Å². The number of rotatable bonds is 6. The van der Waals surface area contributed by atoms with E-state index in [9.17, 15) is 12.8 Å². The van der Waals surface area contributed by atoms with Crippen molar-refractivity contribution in [3.8, 4) is 0 Å². The fourth-order valence-electron chi connectivity index (χ4n) is 1.50. The van der Waals surface area contributed by atoms with Gasteiger partial charge in [0, 0.05) is 6.54 Å². The van der Waals surface area contributed by atoms with Crippen molar-refractivity contribution < 1.29 is 12.8 Å². The average molecular weight is 290 g/mol. The summed E-state index contributed by atoms with van der Waals surface area (Å²) in [6.45, 7) is 1.98. The molecule has 0 bridgehead atoms. The Morgan fingerprint density at radius 3 is 2.56 bits per heavy atom. The van der Waals surface area contributed by atoms with Gasteiger partial charge in [-0.2, -0.15) is 4.31 Å². The summed E-state index contributed by atoms with van der Waals surface area (Å²) in [4.78, 5) is -0.293. The first-order valence-corrected chi connectivity index (χ1v) is 7.27. The van der Waals surface area contributed by atoms with E-state index in [0.29, 0.717) is 6.42 Å². The summed E-state index contributed by atoms with van der Waals surface area (Å²) >= 11 is 4.72. The maximum absolute atomic E-state index is 13.6. The van der Waals surface area contributed by atoms with Crippen LogP contribution in [0.25, 0.3) is 0 Å². The maximum atomic E-state index is 13.6. The Bertz CT molecular complexity index is 532. The zero-order chi connectivity index (χ0) is 13.8. The molecule has 7 heteroatoms. The van der Waals surface area contributed by atoms with E-state index in [1.807, 2.05) is 6.92 Å². The van der Waals surface area contributed by atoms with Crippen LogP contribution in [0.4, 0.5) is 4.39 Å². The molecule has 4 nitrogen and oxygen atoms in total. The normalized spacial score (nSPS) is 11.7. The minimum absolute atomic E-state index is 0.0587. The van der Waals surface area contributed by atoms with Gasteiger partial charge >= 0.3 is 0 Å². The summed E-state index contributed by atoms with van der Waals surface area (Å²) in [6.07, 6.45) is 0.594. The Morgan fingerprint density at radius 2 is 2.06 bits per heavy atom. The van der Waals surface area contributed by atoms with Gasteiger partial charge in [0.25, 0.3) is 0 Å². The minimum atomic E-state index is -3.90. The van der Waals surface area contributed by atoms with E-state index in [1.54, 1.807) is 0 Å². The lowest BCUT2D eigenvalue weighted by Crippen LogP contribution is -2.38. The predicted octanol–water partition coefficient (Wildman–Crippen LogP) is 1.51. The molecule has 100 valence electrons. The van der Waals surface area contributed by atoms with E-state index in [0.717, 1.165) is 10.4 Å². The number of benzene rings is 1. The third-order valence-electron chi connectivity index (χ3n) is 2.26. The highest BCUT2D eigenvalue weighted by Crippen LogP contribution is 2.18. The third-order valence-corrected chi connectivity index (χ3v) is 4.27. The quantitative estimate of drug-likeness (QED) is 0.807. The molecule has 0 aliphatic rings. The molecular weight excluding hydrogens is 275 g/mol. The van der Waals surface area contributed by atoms with Gasteiger partial charge in [-0.1, -0.05) is 31.3 Å². The number of halogens is 1. The molecule has 0 amide bonds. The smallest absolute Gasteiger partial charge is 0.246 e. The Hall–Kier alpha value is -1.05. The summed E-state index contributed by atoms with van der Waals surface area (Å²) in [6, 6.07) is 5.25. The molecule has 1 rings (SSSR count). The SMILES string of the molecule is CCCN(CC(N)=S)S(=O)(=O)c1ccccc1F. The molecule has 0 saturated carbocycles. The van der Waals surface area contributed by atoms with Crippen molar-refractivity contribution in [1.29, 1.82) is 0 Å². The molecule has 0 aliphatic heterocycles. The molecule has 0 aromatic heterocycles. The highest BCUT2D eigenvalue weighted by atomic mass is 32.2. The summed E-state index contributed by atoms with van der Waals surface area (Å²) in [5.74, 6) is -0.776. The lowest BCUT2D eigenvalue weighted by Gasteiger charge is -2.21. The van der Waals surface area contributed by atoms with Crippen LogP contribution >= 0.6 is 12.2 Å². The Labute approximate surface area is 112 Å². The van der Waals surface area contributed by atoms with Crippen molar-refractivity contribution >= 4 is 27.2 Å². The number of thiocarbonyl (C=S) groups is 1. The Kier molecular flexibility index (Phi) is 5.18. The van der Waals surface area contributed by atoms with Crippen molar-refractivity contribution in [2.75, 3.05) is 13.1 Å². The van der Waals surface area contributed by atoms with Crippen LogP contribution in [0, 0.1) is 5.82 Å². The number of hydrogen-bond donors (Lipinski definition) is 1. The zero-order valence-electron chi connectivity index (χ0n) is 9.97. The molecule has 0 spiro atoms. The molecule has 0 saturated heterocycles. The van der Waals surface area contributed by atoms with Gasteiger partial charge in [0.2, 0.25) is 10.0 Å². The van der Waals surface area contributed by atoms with Crippen LogP contribution in [-0.4, -0.2) is 30.8 Å². The second kappa shape index (κ2) is 6.21. The van der Waals surface area contributed by atoms with E-state index in [4.69, 9.17) is 18.0 Å². The van der Waals surface area contributed by atoms with Crippen LogP contribution in [-0.2, 0) is 10.0 Å². The van der Waals surface area contributed by atoms with E-state index in [1.165, 1.54) is 18.2 Å². The number of nitrogens with zero attached hydrogens (tertiary/aromatic N) is 1. The van der Waals surface area contributed by atoms with E-state index >= 15 is 0 Å². The zero-order valence-corrected chi connectivity index (χ0v) is 11.6. The lowest BCUT2D eigenvalue weighted by molar-refractivity contribution is 0.444. The molecule has 0 radical (unpaired) electrons. The largest absolute Gasteiger partial charge is 0.392 e. The molecule has 0 unspecified atom stereocenters. The number of hydrogen-bond acceptors (Lipinski definition) is 3. The molecule has 2 N–H and O–H groups in total. The highest BCUT2D eigenvalue weighted by molar-refractivity contribution is 7.89. The van der Waals surface area contributed by atoms with Crippen LogP contribution in [0.1, 0.15) is 13.3 Å². The molecule has 0 heterocycles. The first-order chi connectivity index (χ1) is 8.39. The van der Waals surface area contributed by atoms with Crippen molar-refractivity contribution in [3.05, 3.63) is 30.1 Å². The molecule has 0 fully saturated rings. The van der Waals surface area contributed by atoms with Gasteiger partial charge in [0.05, 0.1) is 11.5 Å². The fraction of sp³-hybridized carbons (Fsp3) is 0.364. The first kappa shape index (κ1) is 15.0. The molecular formula is C11H15FN2O2S2.